The van der Waals surface area contributed by atoms with Crippen LogP contribution in [0.2, 0.25) is 0 Å². The predicted molar refractivity (Wildman–Crippen MR) is 113 cm³/mol. The molecule has 0 N–H and O–H groups in total. The summed E-state index contributed by atoms with van der Waals surface area (Å²) >= 11 is 0. The van der Waals surface area contributed by atoms with E-state index in [0.29, 0.717) is 22.8 Å². The minimum Gasteiger partial charge on any atom is -0.493 e. The monoisotopic (exact) mass is 426 g/mol. The Morgan fingerprint density at radius 3 is 2.48 bits per heavy atom. The number of esters is 2. The summed E-state index contributed by atoms with van der Waals surface area (Å²) < 4.78 is 27.7. The number of hydrogen-bond acceptors (Lipinski definition) is 7. The Morgan fingerprint density at radius 2 is 1.74 bits per heavy atom. The Bertz CT molecular complexity index is 976. The minimum atomic E-state index is -0.335. The Balaban J connectivity index is 1.58. The van der Waals surface area contributed by atoms with Crippen molar-refractivity contribution in [3.8, 4) is 28.4 Å². The zero-order valence-electron chi connectivity index (χ0n) is 17.8. The second-order valence-electron chi connectivity index (χ2n) is 7.58. The average molecular weight is 426 g/mol. The Kier molecular flexibility index (Phi) is 6.30. The van der Waals surface area contributed by atoms with Crippen LogP contribution in [-0.4, -0.2) is 39.4 Å². The van der Waals surface area contributed by atoms with Crippen molar-refractivity contribution in [2.24, 2.45) is 5.92 Å². The molecule has 0 radical (unpaired) electrons. The van der Waals surface area contributed by atoms with Gasteiger partial charge in [0.15, 0.2) is 11.5 Å². The molecule has 2 aromatic carbocycles. The highest BCUT2D eigenvalue weighted by Gasteiger charge is 2.27. The molecular weight excluding hydrogens is 400 g/mol. The van der Waals surface area contributed by atoms with E-state index in [2.05, 4.69) is 0 Å². The third kappa shape index (κ3) is 4.17. The molecule has 1 heterocycles. The van der Waals surface area contributed by atoms with Gasteiger partial charge in [-0.15, -0.1) is 0 Å². The molecule has 164 valence electrons. The van der Waals surface area contributed by atoms with Gasteiger partial charge in [-0.25, -0.2) is 4.79 Å². The van der Waals surface area contributed by atoms with E-state index in [1.165, 1.54) is 7.11 Å². The van der Waals surface area contributed by atoms with Crippen molar-refractivity contribution in [1.82, 2.24) is 0 Å². The van der Waals surface area contributed by atoms with Crippen LogP contribution in [0.3, 0.4) is 0 Å². The molecule has 0 unspecified atom stereocenters. The zero-order valence-corrected chi connectivity index (χ0v) is 17.8. The molecule has 1 aliphatic carbocycles. The number of methoxy groups -OCH3 is 2. The number of ether oxygens (including phenoxy) is 5. The van der Waals surface area contributed by atoms with Gasteiger partial charge in [0.05, 0.1) is 25.7 Å². The number of rotatable bonds is 8. The normalized spacial score (nSPS) is 15.4. The molecule has 2 aromatic rings. The SMILES string of the molecule is COc1ccc(-c2cccc3c2COC3=O)c(OCCOC(=O)C2CCCC2)c1OC. The smallest absolute Gasteiger partial charge is 0.338 e. The number of cyclic esters (lactones) is 1. The second-order valence-corrected chi connectivity index (χ2v) is 7.58. The zero-order chi connectivity index (χ0) is 21.8. The Hall–Kier alpha value is -3.22. The lowest BCUT2D eigenvalue weighted by Crippen LogP contribution is -2.18. The fraction of sp³-hybridized carbons (Fsp3) is 0.417. The van der Waals surface area contributed by atoms with Gasteiger partial charge in [0.2, 0.25) is 5.75 Å². The van der Waals surface area contributed by atoms with Gasteiger partial charge in [-0.05, 0) is 36.6 Å². The molecule has 7 nitrogen and oxygen atoms in total. The van der Waals surface area contributed by atoms with E-state index in [0.717, 1.165) is 42.4 Å². The number of fused-ring (bicyclic) bond motifs is 1. The van der Waals surface area contributed by atoms with Crippen LogP contribution < -0.4 is 14.2 Å². The van der Waals surface area contributed by atoms with Crippen LogP contribution >= 0.6 is 0 Å². The summed E-state index contributed by atoms with van der Waals surface area (Å²) in [6, 6.07) is 9.12. The summed E-state index contributed by atoms with van der Waals surface area (Å²) in [6.07, 6.45) is 3.95. The van der Waals surface area contributed by atoms with Crippen molar-refractivity contribution in [2.75, 3.05) is 27.4 Å². The van der Waals surface area contributed by atoms with E-state index in [-0.39, 0.29) is 37.7 Å². The maximum absolute atomic E-state index is 12.2. The third-order valence-corrected chi connectivity index (χ3v) is 5.80. The van der Waals surface area contributed by atoms with Gasteiger partial charge in [-0.1, -0.05) is 25.0 Å². The maximum atomic E-state index is 12.2. The highest BCUT2D eigenvalue weighted by molar-refractivity contribution is 5.96. The molecule has 31 heavy (non-hydrogen) atoms. The molecule has 0 bridgehead atoms. The highest BCUT2D eigenvalue weighted by Crippen LogP contribution is 2.46. The first-order valence-electron chi connectivity index (χ1n) is 10.5. The van der Waals surface area contributed by atoms with Gasteiger partial charge in [0.1, 0.15) is 19.8 Å². The Morgan fingerprint density at radius 1 is 0.968 bits per heavy atom. The number of carbonyl (C=O) groups is 2. The largest absolute Gasteiger partial charge is 0.493 e. The first-order chi connectivity index (χ1) is 15.1. The maximum Gasteiger partial charge on any atom is 0.338 e. The second kappa shape index (κ2) is 9.29. The first kappa shape index (κ1) is 21.0. The molecular formula is C24H26O7. The van der Waals surface area contributed by atoms with Crippen LogP contribution in [-0.2, 0) is 20.9 Å². The molecule has 0 atom stereocenters. The molecule has 4 rings (SSSR count). The first-order valence-corrected chi connectivity index (χ1v) is 10.5. The molecule has 1 saturated carbocycles. The number of carbonyl (C=O) groups excluding carboxylic acids is 2. The van der Waals surface area contributed by atoms with Gasteiger partial charge < -0.3 is 23.7 Å². The van der Waals surface area contributed by atoms with Crippen molar-refractivity contribution in [3.63, 3.8) is 0 Å². The molecule has 0 amide bonds. The van der Waals surface area contributed by atoms with Crippen molar-refractivity contribution in [1.29, 1.82) is 0 Å². The van der Waals surface area contributed by atoms with E-state index in [1.807, 2.05) is 18.2 Å². The molecule has 0 saturated heterocycles. The van der Waals surface area contributed by atoms with Crippen LogP contribution in [0.25, 0.3) is 11.1 Å². The van der Waals surface area contributed by atoms with E-state index < -0.39 is 0 Å². The van der Waals surface area contributed by atoms with Crippen LogP contribution in [0.1, 0.15) is 41.6 Å². The fourth-order valence-corrected chi connectivity index (χ4v) is 4.22. The summed E-state index contributed by atoms with van der Waals surface area (Å²) in [5, 5.41) is 0. The molecule has 0 spiro atoms. The molecule has 1 aliphatic heterocycles. The molecule has 2 aliphatic rings. The summed E-state index contributed by atoms with van der Waals surface area (Å²) in [6.45, 7) is 0.514. The van der Waals surface area contributed by atoms with Crippen molar-refractivity contribution in [2.45, 2.75) is 32.3 Å². The summed E-state index contributed by atoms with van der Waals surface area (Å²) in [5.41, 5.74) is 2.91. The standard InChI is InChI=1S/C24H26O7/c1-27-20-11-10-17(16-8-5-9-18-19(16)14-31-24(18)26)21(22(20)28-2)29-12-13-30-23(25)15-6-3-4-7-15/h5,8-11,15H,3-4,6-7,12-14H2,1-2H3. The van der Waals surface area contributed by atoms with E-state index in [9.17, 15) is 9.59 Å². The number of benzene rings is 2. The average Bonchev–Trinajstić information content (AvgIpc) is 3.46. The quantitative estimate of drug-likeness (QED) is 0.463. The molecule has 0 aromatic heterocycles. The van der Waals surface area contributed by atoms with Gasteiger partial charge in [-0.2, -0.15) is 0 Å². The predicted octanol–water partition coefficient (Wildman–Crippen LogP) is 4.15. The van der Waals surface area contributed by atoms with Crippen LogP contribution in [0, 0.1) is 5.92 Å². The summed E-state index contributed by atoms with van der Waals surface area (Å²) in [4.78, 5) is 24.2. The fourth-order valence-electron chi connectivity index (χ4n) is 4.22. The van der Waals surface area contributed by atoms with Crippen molar-refractivity contribution >= 4 is 11.9 Å². The van der Waals surface area contributed by atoms with Crippen LogP contribution in [0.15, 0.2) is 30.3 Å². The number of hydrogen-bond donors (Lipinski definition) is 0. The van der Waals surface area contributed by atoms with Gasteiger partial charge in [0, 0.05) is 11.1 Å². The lowest BCUT2D eigenvalue weighted by atomic mass is 9.95. The van der Waals surface area contributed by atoms with Gasteiger partial charge in [0.25, 0.3) is 0 Å². The lowest BCUT2D eigenvalue weighted by Gasteiger charge is -2.19. The van der Waals surface area contributed by atoms with Gasteiger partial charge in [-0.3, -0.25) is 4.79 Å². The minimum absolute atomic E-state index is 0.00589. The molecule has 7 heteroatoms. The van der Waals surface area contributed by atoms with Crippen LogP contribution in [0.4, 0.5) is 0 Å². The summed E-state index contributed by atoms with van der Waals surface area (Å²) in [5.74, 6) is 0.932. The molecule has 1 fully saturated rings. The van der Waals surface area contributed by atoms with E-state index in [4.69, 9.17) is 23.7 Å². The van der Waals surface area contributed by atoms with Crippen molar-refractivity contribution in [3.05, 3.63) is 41.5 Å². The lowest BCUT2D eigenvalue weighted by molar-refractivity contribution is -0.149. The van der Waals surface area contributed by atoms with E-state index >= 15 is 0 Å². The van der Waals surface area contributed by atoms with E-state index in [1.54, 1.807) is 19.2 Å². The summed E-state index contributed by atoms with van der Waals surface area (Å²) in [7, 11) is 3.09. The van der Waals surface area contributed by atoms with Crippen LogP contribution in [0.5, 0.6) is 17.2 Å². The highest BCUT2D eigenvalue weighted by atomic mass is 16.6. The van der Waals surface area contributed by atoms with Gasteiger partial charge >= 0.3 is 11.9 Å². The Labute approximate surface area is 181 Å². The van der Waals surface area contributed by atoms with Crippen molar-refractivity contribution < 1.29 is 33.3 Å². The third-order valence-electron chi connectivity index (χ3n) is 5.80. The topological polar surface area (TPSA) is 80.3 Å².